The van der Waals surface area contributed by atoms with E-state index in [9.17, 15) is 4.39 Å². The Kier molecular flexibility index (Phi) is 2.33. The lowest BCUT2D eigenvalue weighted by atomic mass is 10.2. The van der Waals surface area contributed by atoms with Gasteiger partial charge in [-0.25, -0.2) is 9.37 Å². The summed E-state index contributed by atoms with van der Waals surface area (Å²) >= 11 is 0. The fourth-order valence-corrected chi connectivity index (χ4v) is 2.52. The number of pyridine rings is 1. The van der Waals surface area contributed by atoms with Crippen LogP contribution in [0.4, 0.5) is 4.39 Å². The van der Waals surface area contributed by atoms with Gasteiger partial charge in [-0.2, -0.15) is 0 Å². The molecular formula is C17H11FN2. The smallest absolute Gasteiger partial charge is 0.174 e. The standard InChI is InChI=1S/C17H11FN2/c18-14-11-13-6-1-3-7-15(13)19-17(14)20-10-9-12-5-2-4-8-16(12)20/h1-11H. The van der Waals surface area contributed by atoms with E-state index in [0.29, 0.717) is 5.82 Å². The summed E-state index contributed by atoms with van der Waals surface area (Å²) in [6.07, 6.45) is 1.85. The number of benzene rings is 2. The molecule has 3 heteroatoms. The molecular weight excluding hydrogens is 251 g/mol. The third kappa shape index (κ3) is 1.60. The van der Waals surface area contributed by atoms with Crippen LogP contribution >= 0.6 is 0 Å². The Bertz CT molecular complexity index is 924. The molecule has 0 atom stereocenters. The van der Waals surface area contributed by atoms with Gasteiger partial charge in [0.05, 0.1) is 11.0 Å². The Balaban J connectivity index is 2.04. The molecule has 0 saturated carbocycles. The summed E-state index contributed by atoms with van der Waals surface area (Å²) in [5.74, 6) is 0.0231. The van der Waals surface area contributed by atoms with Gasteiger partial charge < -0.3 is 0 Å². The Labute approximate surface area is 115 Å². The van der Waals surface area contributed by atoms with Crippen LogP contribution in [0.15, 0.2) is 66.9 Å². The molecule has 0 bridgehead atoms. The van der Waals surface area contributed by atoms with E-state index in [1.54, 1.807) is 4.57 Å². The van der Waals surface area contributed by atoms with Crippen LogP contribution in [0.2, 0.25) is 0 Å². The third-order valence-corrected chi connectivity index (χ3v) is 3.49. The van der Waals surface area contributed by atoms with Crippen molar-refractivity contribution in [1.29, 1.82) is 0 Å². The topological polar surface area (TPSA) is 17.8 Å². The summed E-state index contributed by atoms with van der Waals surface area (Å²) < 4.78 is 16.1. The van der Waals surface area contributed by atoms with Gasteiger partial charge in [-0.15, -0.1) is 0 Å². The second kappa shape index (κ2) is 4.17. The third-order valence-electron chi connectivity index (χ3n) is 3.49. The summed E-state index contributed by atoms with van der Waals surface area (Å²) in [4.78, 5) is 4.46. The first-order valence-electron chi connectivity index (χ1n) is 6.45. The lowest BCUT2D eigenvalue weighted by molar-refractivity contribution is 0.614. The first kappa shape index (κ1) is 11.2. The second-order valence-electron chi connectivity index (χ2n) is 4.73. The Morgan fingerprint density at radius 1 is 0.850 bits per heavy atom. The van der Waals surface area contributed by atoms with Crippen molar-refractivity contribution in [2.45, 2.75) is 0 Å². The number of fused-ring (bicyclic) bond motifs is 2. The van der Waals surface area contributed by atoms with E-state index >= 15 is 0 Å². The number of rotatable bonds is 1. The zero-order chi connectivity index (χ0) is 13.5. The van der Waals surface area contributed by atoms with Crippen LogP contribution in [0, 0.1) is 5.82 Å². The minimum absolute atomic E-state index is 0.315. The van der Waals surface area contributed by atoms with Crippen LogP contribution < -0.4 is 0 Å². The molecule has 2 nitrogen and oxygen atoms in total. The van der Waals surface area contributed by atoms with Gasteiger partial charge >= 0.3 is 0 Å². The zero-order valence-electron chi connectivity index (χ0n) is 10.6. The number of aromatic nitrogens is 2. The highest BCUT2D eigenvalue weighted by atomic mass is 19.1. The predicted molar refractivity (Wildman–Crippen MR) is 78.5 cm³/mol. The Morgan fingerprint density at radius 2 is 1.60 bits per heavy atom. The number of nitrogens with zero attached hydrogens (tertiary/aromatic N) is 2. The maximum Gasteiger partial charge on any atom is 0.174 e. The van der Waals surface area contributed by atoms with Gasteiger partial charge in [-0.05, 0) is 29.7 Å². The summed E-state index contributed by atoms with van der Waals surface area (Å²) in [5, 5.41) is 1.88. The van der Waals surface area contributed by atoms with Gasteiger partial charge in [0.25, 0.3) is 0 Å². The highest BCUT2D eigenvalue weighted by molar-refractivity contribution is 5.83. The van der Waals surface area contributed by atoms with E-state index in [-0.39, 0.29) is 5.82 Å². The van der Waals surface area contributed by atoms with Gasteiger partial charge in [0, 0.05) is 11.6 Å². The average Bonchev–Trinajstić information content (AvgIpc) is 2.90. The minimum Gasteiger partial charge on any atom is -0.299 e. The first-order chi connectivity index (χ1) is 9.83. The molecule has 4 aromatic rings. The highest BCUT2D eigenvalue weighted by Gasteiger charge is 2.10. The summed E-state index contributed by atoms with van der Waals surface area (Å²) in [5.41, 5.74) is 1.75. The highest BCUT2D eigenvalue weighted by Crippen LogP contribution is 2.23. The molecule has 20 heavy (non-hydrogen) atoms. The molecule has 96 valence electrons. The molecule has 0 N–H and O–H groups in total. The Morgan fingerprint density at radius 3 is 2.50 bits per heavy atom. The second-order valence-corrected chi connectivity index (χ2v) is 4.73. The van der Waals surface area contributed by atoms with Gasteiger partial charge in [-0.3, -0.25) is 4.57 Å². The predicted octanol–water partition coefficient (Wildman–Crippen LogP) is 4.32. The fourth-order valence-electron chi connectivity index (χ4n) is 2.52. The van der Waals surface area contributed by atoms with Gasteiger partial charge in [0.2, 0.25) is 0 Å². The monoisotopic (exact) mass is 262 g/mol. The molecule has 0 aliphatic rings. The van der Waals surface area contributed by atoms with Crippen molar-refractivity contribution in [3.8, 4) is 5.82 Å². The van der Waals surface area contributed by atoms with Gasteiger partial charge in [0.1, 0.15) is 0 Å². The average molecular weight is 262 g/mol. The first-order valence-corrected chi connectivity index (χ1v) is 6.45. The number of hydrogen-bond donors (Lipinski definition) is 0. The van der Waals surface area contributed by atoms with Crippen molar-refractivity contribution in [2.75, 3.05) is 0 Å². The van der Waals surface area contributed by atoms with Crippen LogP contribution in [-0.2, 0) is 0 Å². The molecule has 0 saturated heterocycles. The van der Waals surface area contributed by atoms with Crippen LogP contribution in [0.25, 0.3) is 27.6 Å². The fraction of sp³-hybridized carbons (Fsp3) is 0. The maximum atomic E-state index is 14.3. The van der Waals surface area contributed by atoms with E-state index < -0.39 is 0 Å². The van der Waals surface area contributed by atoms with Crippen molar-refractivity contribution in [3.63, 3.8) is 0 Å². The van der Waals surface area contributed by atoms with E-state index in [0.717, 1.165) is 21.8 Å². The van der Waals surface area contributed by atoms with Gasteiger partial charge in [-0.1, -0.05) is 36.4 Å². The quantitative estimate of drug-likeness (QED) is 0.499. The van der Waals surface area contributed by atoms with Crippen LogP contribution in [0.5, 0.6) is 0 Å². The van der Waals surface area contributed by atoms with Crippen molar-refractivity contribution < 1.29 is 4.39 Å². The summed E-state index contributed by atoms with van der Waals surface area (Å²) in [6, 6.07) is 18.9. The molecule has 2 aromatic heterocycles. The van der Waals surface area contributed by atoms with Crippen LogP contribution in [-0.4, -0.2) is 9.55 Å². The molecule has 2 heterocycles. The number of halogens is 1. The molecule has 2 aromatic carbocycles. The van der Waals surface area contributed by atoms with Crippen molar-refractivity contribution >= 4 is 21.8 Å². The molecule has 0 aliphatic carbocycles. The largest absolute Gasteiger partial charge is 0.299 e. The minimum atomic E-state index is -0.315. The Hall–Kier alpha value is -2.68. The molecule has 0 aliphatic heterocycles. The van der Waals surface area contributed by atoms with Crippen LogP contribution in [0.1, 0.15) is 0 Å². The van der Waals surface area contributed by atoms with Crippen molar-refractivity contribution in [3.05, 3.63) is 72.7 Å². The van der Waals surface area contributed by atoms with E-state index in [4.69, 9.17) is 0 Å². The molecule has 0 amide bonds. The van der Waals surface area contributed by atoms with Crippen LogP contribution in [0.3, 0.4) is 0 Å². The lowest BCUT2D eigenvalue weighted by Crippen LogP contribution is -2.00. The van der Waals surface area contributed by atoms with Crippen molar-refractivity contribution in [1.82, 2.24) is 9.55 Å². The zero-order valence-corrected chi connectivity index (χ0v) is 10.6. The maximum absolute atomic E-state index is 14.3. The molecule has 0 radical (unpaired) electrons. The van der Waals surface area contributed by atoms with E-state index in [2.05, 4.69) is 4.98 Å². The molecule has 0 spiro atoms. The number of hydrogen-bond acceptors (Lipinski definition) is 1. The van der Waals surface area contributed by atoms with Crippen molar-refractivity contribution in [2.24, 2.45) is 0 Å². The normalized spacial score (nSPS) is 11.2. The summed E-state index contributed by atoms with van der Waals surface area (Å²) in [6.45, 7) is 0. The SMILES string of the molecule is Fc1cc2ccccc2nc1-n1ccc2ccccc21. The number of para-hydroxylation sites is 2. The molecule has 0 fully saturated rings. The van der Waals surface area contributed by atoms with Gasteiger partial charge in [0.15, 0.2) is 11.6 Å². The molecule has 4 rings (SSSR count). The molecule has 0 unspecified atom stereocenters. The van der Waals surface area contributed by atoms with E-state index in [1.807, 2.05) is 60.8 Å². The summed E-state index contributed by atoms with van der Waals surface area (Å²) in [7, 11) is 0. The lowest BCUT2D eigenvalue weighted by Gasteiger charge is -2.07. The van der Waals surface area contributed by atoms with E-state index in [1.165, 1.54) is 6.07 Å².